The Morgan fingerprint density at radius 3 is 2.61 bits per heavy atom. The van der Waals surface area contributed by atoms with Crippen molar-refractivity contribution >= 4 is 15.7 Å². The molecule has 120 valence electrons. The van der Waals surface area contributed by atoms with E-state index < -0.39 is 10.0 Å². The van der Waals surface area contributed by atoms with E-state index in [0.29, 0.717) is 24.8 Å². The van der Waals surface area contributed by atoms with Gasteiger partial charge in [-0.1, -0.05) is 18.6 Å². The molecular weight excluding hydrogens is 314 g/mol. The lowest BCUT2D eigenvalue weighted by Crippen LogP contribution is -2.17. The maximum atomic E-state index is 12.6. The number of hydrogen-bond acceptors (Lipinski definition) is 5. The van der Waals surface area contributed by atoms with Gasteiger partial charge in [0.1, 0.15) is 5.82 Å². The summed E-state index contributed by atoms with van der Waals surface area (Å²) >= 11 is 0. The first-order valence-electron chi connectivity index (χ1n) is 7.67. The van der Waals surface area contributed by atoms with E-state index in [2.05, 4.69) is 14.7 Å². The first kappa shape index (κ1) is 14.6. The summed E-state index contributed by atoms with van der Waals surface area (Å²) in [6, 6.07) is 5.22. The Morgan fingerprint density at radius 1 is 1.13 bits per heavy atom. The van der Waals surface area contributed by atoms with E-state index in [-0.39, 0.29) is 4.90 Å². The van der Waals surface area contributed by atoms with E-state index in [1.807, 2.05) is 6.07 Å². The summed E-state index contributed by atoms with van der Waals surface area (Å²) in [5.74, 6) is 1.23. The second-order valence-corrected chi connectivity index (χ2v) is 7.60. The van der Waals surface area contributed by atoms with Crippen LogP contribution < -0.4 is 4.72 Å². The molecule has 23 heavy (non-hydrogen) atoms. The van der Waals surface area contributed by atoms with Crippen LogP contribution in [0.25, 0.3) is 0 Å². The molecule has 0 amide bonds. The number of fused-ring (bicyclic) bond motifs is 1. The van der Waals surface area contributed by atoms with Crippen LogP contribution in [0.5, 0.6) is 0 Å². The van der Waals surface area contributed by atoms with Crippen molar-refractivity contribution in [3.63, 3.8) is 0 Å². The highest BCUT2D eigenvalue weighted by molar-refractivity contribution is 7.92. The van der Waals surface area contributed by atoms with Gasteiger partial charge in [0.2, 0.25) is 0 Å². The Balaban J connectivity index is 1.59. The molecule has 2 heterocycles. The van der Waals surface area contributed by atoms with Crippen molar-refractivity contribution in [1.82, 2.24) is 9.97 Å². The number of ether oxygens (including phenoxy) is 1. The summed E-state index contributed by atoms with van der Waals surface area (Å²) < 4.78 is 33.2. The predicted molar refractivity (Wildman–Crippen MR) is 84.4 cm³/mol. The van der Waals surface area contributed by atoms with Crippen LogP contribution in [-0.2, 0) is 28.0 Å². The minimum absolute atomic E-state index is 0.260. The number of nitrogens with zero attached hydrogens (tertiary/aromatic N) is 2. The van der Waals surface area contributed by atoms with Crippen LogP contribution in [0.15, 0.2) is 35.5 Å². The Labute approximate surface area is 135 Å². The van der Waals surface area contributed by atoms with Gasteiger partial charge in [-0.2, -0.15) is 0 Å². The van der Waals surface area contributed by atoms with Crippen molar-refractivity contribution in [2.75, 3.05) is 4.72 Å². The monoisotopic (exact) mass is 331 g/mol. The molecule has 1 aliphatic heterocycles. The molecule has 1 N–H and O–H groups in total. The highest BCUT2D eigenvalue weighted by Gasteiger charge is 2.25. The molecule has 7 heteroatoms. The van der Waals surface area contributed by atoms with E-state index in [1.165, 1.54) is 18.8 Å². The Hall–Kier alpha value is -1.99. The maximum absolute atomic E-state index is 12.6. The molecule has 0 unspecified atom stereocenters. The zero-order chi connectivity index (χ0) is 15.9. The quantitative estimate of drug-likeness (QED) is 0.931. The summed E-state index contributed by atoms with van der Waals surface area (Å²) in [5.41, 5.74) is 2.03. The lowest BCUT2D eigenvalue weighted by atomic mass is 9.85. The Kier molecular flexibility index (Phi) is 3.54. The van der Waals surface area contributed by atoms with Crippen LogP contribution in [-0.4, -0.2) is 18.4 Å². The van der Waals surface area contributed by atoms with Crippen molar-refractivity contribution in [2.45, 2.75) is 43.3 Å². The minimum Gasteiger partial charge on any atom is -0.372 e. The van der Waals surface area contributed by atoms with Gasteiger partial charge in [-0.3, -0.25) is 4.72 Å². The average molecular weight is 331 g/mol. The smallest absolute Gasteiger partial charge is 0.262 e. The number of anilines is 1. The number of nitrogens with one attached hydrogen (secondary N) is 1. The molecular formula is C16H17N3O3S. The summed E-state index contributed by atoms with van der Waals surface area (Å²) in [6.45, 7) is 0.779. The topological polar surface area (TPSA) is 81.2 Å². The fourth-order valence-electron chi connectivity index (χ4n) is 2.90. The van der Waals surface area contributed by atoms with Crippen molar-refractivity contribution in [3.8, 4) is 0 Å². The molecule has 0 spiro atoms. The maximum Gasteiger partial charge on any atom is 0.262 e. The molecule has 0 radical (unpaired) electrons. The standard InChI is InChI=1S/C16H17N3O3S/c20-23(21,15-6-2-5-12-9-22-10-14(12)15)19-13-7-17-16(18-8-13)11-3-1-4-11/h2,5-8,11,19H,1,3-4,9-10H2. The predicted octanol–water partition coefficient (Wildman–Crippen LogP) is 2.58. The number of hydrogen-bond donors (Lipinski definition) is 1. The van der Waals surface area contributed by atoms with Crippen LogP contribution in [0.2, 0.25) is 0 Å². The third-order valence-corrected chi connectivity index (χ3v) is 5.88. The SMILES string of the molecule is O=S(=O)(Nc1cnc(C2CCC2)nc1)c1cccc2c1COC2. The van der Waals surface area contributed by atoms with E-state index in [1.54, 1.807) is 12.1 Å². The number of aromatic nitrogens is 2. The van der Waals surface area contributed by atoms with Crippen LogP contribution in [0.1, 0.15) is 42.1 Å². The van der Waals surface area contributed by atoms with Gasteiger partial charge >= 0.3 is 0 Å². The molecule has 1 aromatic carbocycles. The van der Waals surface area contributed by atoms with Gasteiger partial charge in [0.05, 0.1) is 36.2 Å². The van der Waals surface area contributed by atoms with E-state index in [9.17, 15) is 8.42 Å². The molecule has 0 saturated heterocycles. The third kappa shape index (κ3) is 2.70. The Bertz CT molecular complexity index is 830. The highest BCUT2D eigenvalue weighted by atomic mass is 32.2. The van der Waals surface area contributed by atoms with Gasteiger partial charge in [0, 0.05) is 11.5 Å². The lowest BCUT2D eigenvalue weighted by Gasteiger charge is -2.23. The van der Waals surface area contributed by atoms with Gasteiger partial charge in [-0.05, 0) is 24.5 Å². The fourth-order valence-corrected chi connectivity index (χ4v) is 4.20. The lowest BCUT2D eigenvalue weighted by molar-refractivity contribution is 0.133. The first-order chi connectivity index (χ1) is 11.1. The van der Waals surface area contributed by atoms with Crippen molar-refractivity contribution < 1.29 is 13.2 Å². The number of benzene rings is 1. The molecule has 0 atom stereocenters. The second kappa shape index (κ2) is 5.58. The van der Waals surface area contributed by atoms with Gasteiger partial charge in [-0.15, -0.1) is 0 Å². The molecule has 0 bridgehead atoms. The first-order valence-corrected chi connectivity index (χ1v) is 9.15. The summed E-state index contributed by atoms with van der Waals surface area (Å²) in [4.78, 5) is 8.84. The van der Waals surface area contributed by atoms with Crippen molar-refractivity contribution in [1.29, 1.82) is 0 Å². The molecule has 1 aliphatic carbocycles. The summed E-state index contributed by atoms with van der Waals surface area (Å²) in [5, 5.41) is 0. The largest absolute Gasteiger partial charge is 0.372 e. The van der Waals surface area contributed by atoms with Gasteiger partial charge in [0.25, 0.3) is 10.0 Å². The van der Waals surface area contributed by atoms with Crippen molar-refractivity contribution in [3.05, 3.63) is 47.5 Å². The zero-order valence-electron chi connectivity index (χ0n) is 12.5. The van der Waals surface area contributed by atoms with Gasteiger partial charge in [-0.25, -0.2) is 18.4 Å². The molecule has 2 aliphatic rings. The summed E-state index contributed by atoms with van der Waals surface area (Å²) in [6.07, 6.45) is 6.52. The van der Waals surface area contributed by atoms with E-state index >= 15 is 0 Å². The third-order valence-electron chi connectivity index (χ3n) is 4.42. The molecule has 2 aromatic rings. The van der Waals surface area contributed by atoms with Crippen LogP contribution in [0.3, 0.4) is 0 Å². The average Bonchev–Trinajstić information content (AvgIpc) is 2.95. The van der Waals surface area contributed by atoms with E-state index in [4.69, 9.17) is 4.74 Å². The normalized spacial score (nSPS) is 17.6. The van der Waals surface area contributed by atoms with Gasteiger partial charge < -0.3 is 4.74 Å². The molecule has 4 rings (SSSR count). The Morgan fingerprint density at radius 2 is 1.91 bits per heavy atom. The number of sulfonamides is 1. The van der Waals surface area contributed by atoms with Crippen molar-refractivity contribution in [2.24, 2.45) is 0 Å². The number of rotatable bonds is 4. The zero-order valence-corrected chi connectivity index (χ0v) is 13.3. The fraction of sp³-hybridized carbons (Fsp3) is 0.375. The van der Waals surface area contributed by atoms with Crippen LogP contribution in [0.4, 0.5) is 5.69 Å². The van der Waals surface area contributed by atoms with Gasteiger partial charge in [0.15, 0.2) is 0 Å². The minimum atomic E-state index is -3.67. The second-order valence-electron chi connectivity index (χ2n) is 5.95. The highest BCUT2D eigenvalue weighted by Crippen LogP contribution is 2.34. The summed E-state index contributed by atoms with van der Waals surface area (Å²) in [7, 11) is -3.67. The molecule has 1 fully saturated rings. The van der Waals surface area contributed by atoms with Crippen LogP contribution >= 0.6 is 0 Å². The molecule has 1 saturated carbocycles. The van der Waals surface area contributed by atoms with E-state index in [0.717, 1.165) is 29.8 Å². The van der Waals surface area contributed by atoms with Crippen LogP contribution in [0, 0.1) is 0 Å². The molecule has 1 aromatic heterocycles. The molecule has 6 nitrogen and oxygen atoms in total.